The zero-order valence-electron chi connectivity index (χ0n) is 10.5. The Morgan fingerprint density at radius 3 is 2.44 bits per heavy atom. The number of likely N-dealkylation sites (tertiary alicyclic amines) is 1. The van der Waals surface area contributed by atoms with Crippen LogP contribution in [-0.2, 0) is 0 Å². The van der Waals surface area contributed by atoms with Crippen LogP contribution in [0.15, 0.2) is 0 Å². The lowest BCUT2D eigenvalue weighted by Gasteiger charge is -2.53. The van der Waals surface area contributed by atoms with Gasteiger partial charge in [0.25, 0.3) is 0 Å². The van der Waals surface area contributed by atoms with E-state index in [9.17, 15) is 5.11 Å². The molecular formula is C14H25NO. The molecule has 1 aliphatic heterocycles. The van der Waals surface area contributed by atoms with Crippen LogP contribution in [0.3, 0.4) is 0 Å². The van der Waals surface area contributed by atoms with E-state index in [1.165, 1.54) is 44.9 Å². The van der Waals surface area contributed by atoms with Crippen LogP contribution in [0.4, 0.5) is 0 Å². The van der Waals surface area contributed by atoms with E-state index in [-0.39, 0.29) is 5.60 Å². The minimum Gasteiger partial charge on any atom is -0.387 e. The van der Waals surface area contributed by atoms with Crippen LogP contribution in [0.5, 0.6) is 0 Å². The van der Waals surface area contributed by atoms with E-state index in [4.69, 9.17) is 0 Å². The topological polar surface area (TPSA) is 23.5 Å². The van der Waals surface area contributed by atoms with Crippen LogP contribution in [0, 0.1) is 11.8 Å². The van der Waals surface area contributed by atoms with Crippen molar-refractivity contribution in [2.45, 2.75) is 63.5 Å². The van der Waals surface area contributed by atoms with Gasteiger partial charge in [0.05, 0.1) is 5.60 Å². The van der Waals surface area contributed by atoms with Gasteiger partial charge in [0, 0.05) is 19.1 Å². The third kappa shape index (κ3) is 1.80. The largest absolute Gasteiger partial charge is 0.387 e. The molecule has 0 aromatic rings. The smallest absolute Gasteiger partial charge is 0.0928 e. The second-order valence-corrected chi connectivity index (χ2v) is 6.30. The van der Waals surface area contributed by atoms with E-state index >= 15 is 0 Å². The molecular weight excluding hydrogens is 198 g/mol. The molecule has 2 saturated carbocycles. The van der Waals surface area contributed by atoms with Gasteiger partial charge in [-0.2, -0.15) is 0 Å². The molecule has 2 heteroatoms. The quantitative estimate of drug-likeness (QED) is 0.794. The molecule has 1 N–H and O–H groups in total. The van der Waals surface area contributed by atoms with Crippen molar-refractivity contribution in [1.82, 2.24) is 4.90 Å². The SMILES string of the molecule is CCC1CCCCC1N1CC(O)(C2CC2)C1. The van der Waals surface area contributed by atoms with E-state index < -0.39 is 0 Å². The fourth-order valence-electron chi connectivity index (χ4n) is 3.92. The van der Waals surface area contributed by atoms with Crippen molar-refractivity contribution in [3.63, 3.8) is 0 Å². The second-order valence-electron chi connectivity index (χ2n) is 6.30. The Balaban J connectivity index is 1.57. The molecule has 0 amide bonds. The molecule has 2 aliphatic carbocycles. The molecule has 1 saturated heterocycles. The van der Waals surface area contributed by atoms with Crippen molar-refractivity contribution in [1.29, 1.82) is 0 Å². The van der Waals surface area contributed by atoms with Crippen molar-refractivity contribution in [3.8, 4) is 0 Å². The molecule has 0 aromatic heterocycles. The summed E-state index contributed by atoms with van der Waals surface area (Å²) in [5.74, 6) is 1.55. The molecule has 0 bridgehead atoms. The average molecular weight is 223 g/mol. The Morgan fingerprint density at radius 2 is 1.81 bits per heavy atom. The minimum absolute atomic E-state index is 0.282. The highest BCUT2D eigenvalue weighted by atomic mass is 16.3. The van der Waals surface area contributed by atoms with E-state index in [0.717, 1.165) is 25.0 Å². The summed E-state index contributed by atoms with van der Waals surface area (Å²) in [5.41, 5.74) is -0.282. The van der Waals surface area contributed by atoms with Crippen LogP contribution in [-0.4, -0.2) is 34.7 Å². The van der Waals surface area contributed by atoms with Gasteiger partial charge in [0.15, 0.2) is 0 Å². The van der Waals surface area contributed by atoms with Crippen molar-refractivity contribution in [2.24, 2.45) is 11.8 Å². The molecule has 3 rings (SSSR count). The molecule has 1 heterocycles. The molecule has 0 spiro atoms. The summed E-state index contributed by atoms with van der Waals surface area (Å²) in [7, 11) is 0. The zero-order chi connectivity index (χ0) is 11.2. The lowest BCUT2D eigenvalue weighted by Crippen LogP contribution is -2.67. The molecule has 16 heavy (non-hydrogen) atoms. The van der Waals surface area contributed by atoms with E-state index in [1.807, 2.05) is 0 Å². The summed E-state index contributed by atoms with van der Waals surface area (Å²) in [4.78, 5) is 2.58. The first-order chi connectivity index (χ1) is 7.73. The summed E-state index contributed by atoms with van der Waals surface area (Å²) in [6.07, 6.45) is 9.48. The Morgan fingerprint density at radius 1 is 1.12 bits per heavy atom. The summed E-state index contributed by atoms with van der Waals surface area (Å²) < 4.78 is 0. The molecule has 3 aliphatic rings. The van der Waals surface area contributed by atoms with Gasteiger partial charge in [-0.3, -0.25) is 4.90 Å². The van der Waals surface area contributed by atoms with Crippen LogP contribution in [0.25, 0.3) is 0 Å². The predicted molar refractivity (Wildman–Crippen MR) is 65.3 cm³/mol. The molecule has 3 fully saturated rings. The van der Waals surface area contributed by atoms with Crippen LogP contribution in [0.1, 0.15) is 51.9 Å². The number of hydrogen-bond acceptors (Lipinski definition) is 2. The lowest BCUT2D eigenvalue weighted by molar-refractivity contribution is -0.141. The van der Waals surface area contributed by atoms with E-state index in [2.05, 4.69) is 11.8 Å². The number of hydrogen-bond donors (Lipinski definition) is 1. The summed E-state index contributed by atoms with van der Waals surface area (Å²) >= 11 is 0. The number of nitrogens with zero attached hydrogens (tertiary/aromatic N) is 1. The Kier molecular flexibility index (Phi) is 2.75. The molecule has 2 unspecified atom stereocenters. The predicted octanol–water partition coefficient (Wildman–Crippen LogP) is 2.41. The summed E-state index contributed by atoms with van der Waals surface area (Å²) in [5, 5.41) is 10.4. The van der Waals surface area contributed by atoms with Crippen molar-refractivity contribution < 1.29 is 5.11 Å². The van der Waals surface area contributed by atoms with Gasteiger partial charge < -0.3 is 5.11 Å². The van der Waals surface area contributed by atoms with Crippen molar-refractivity contribution in [2.75, 3.05) is 13.1 Å². The third-order valence-electron chi connectivity index (χ3n) is 5.15. The van der Waals surface area contributed by atoms with Gasteiger partial charge in [-0.1, -0.05) is 26.2 Å². The molecule has 92 valence electrons. The van der Waals surface area contributed by atoms with E-state index in [0.29, 0.717) is 5.92 Å². The zero-order valence-corrected chi connectivity index (χ0v) is 10.5. The molecule has 0 aromatic carbocycles. The first-order valence-corrected chi connectivity index (χ1v) is 7.19. The fraction of sp³-hybridized carbons (Fsp3) is 1.00. The van der Waals surface area contributed by atoms with Gasteiger partial charge in [-0.25, -0.2) is 0 Å². The molecule has 2 atom stereocenters. The van der Waals surface area contributed by atoms with Gasteiger partial charge in [-0.05, 0) is 37.5 Å². The first-order valence-electron chi connectivity index (χ1n) is 7.19. The maximum atomic E-state index is 10.4. The monoisotopic (exact) mass is 223 g/mol. The van der Waals surface area contributed by atoms with Gasteiger partial charge in [-0.15, -0.1) is 0 Å². The van der Waals surface area contributed by atoms with Crippen LogP contribution in [0.2, 0.25) is 0 Å². The first kappa shape index (κ1) is 11.0. The van der Waals surface area contributed by atoms with Crippen LogP contribution >= 0.6 is 0 Å². The number of rotatable bonds is 3. The van der Waals surface area contributed by atoms with Gasteiger partial charge in [0.2, 0.25) is 0 Å². The van der Waals surface area contributed by atoms with E-state index in [1.54, 1.807) is 0 Å². The highest BCUT2D eigenvalue weighted by molar-refractivity contribution is 5.07. The third-order valence-corrected chi connectivity index (χ3v) is 5.15. The maximum Gasteiger partial charge on any atom is 0.0928 e. The van der Waals surface area contributed by atoms with Crippen molar-refractivity contribution >= 4 is 0 Å². The molecule has 2 nitrogen and oxygen atoms in total. The second kappa shape index (κ2) is 3.99. The number of β-amino-alcohol motifs (C(OH)–C–C–N with tert-alkyl or cyclic N) is 1. The lowest BCUT2D eigenvalue weighted by atomic mass is 9.77. The highest BCUT2D eigenvalue weighted by Crippen LogP contribution is 2.46. The highest BCUT2D eigenvalue weighted by Gasteiger charge is 2.53. The summed E-state index contributed by atoms with van der Waals surface area (Å²) in [6, 6.07) is 0.790. The Labute approximate surface area is 99.0 Å². The van der Waals surface area contributed by atoms with Gasteiger partial charge >= 0.3 is 0 Å². The fourth-order valence-corrected chi connectivity index (χ4v) is 3.92. The van der Waals surface area contributed by atoms with Crippen molar-refractivity contribution in [3.05, 3.63) is 0 Å². The standard InChI is InChI=1S/C14H25NO/c1-2-11-5-3-4-6-13(11)15-9-14(16,10-15)12-7-8-12/h11-13,16H,2-10H2,1H3. The maximum absolute atomic E-state index is 10.4. The molecule has 0 radical (unpaired) electrons. The minimum atomic E-state index is -0.282. The summed E-state index contributed by atoms with van der Waals surface area (Å²) in [6.45, 7) is 4.27. The Bertz CT molecular complexity index is 255. The normalized spacial score (nSPS) is 39.4. The van der Waals surface area contributed by atoms with Crippen LogP contribution < -0.4 is 0 Å². The Hall–Kier alpha value is -0.0800. The number of aliphatic hydroxyl groups is 1. The average Bonchev–Trinajstić information content (AvgIpc) is 3.09. The van der Waals surface area contributed by atoms with Gasteiger partial charge in [0.1, 0.15) is 0 Å².